The Balaban J connectivity index is 2.43. The zero-order valence-corrected chi connectivity index (χ0v) is 14.4. The Morgan fingerprint density at radius 3 is 2.48 bits per heavy atom. The average Bonchev–Trinajstić information content (AvgIpc) is 2.31. The topological polar surface area (TPSA) is 47.6 Å². The molecule has 1 saturated carbocycles. The smallest absolute Gasteiger partial charge is 0.326 e. The van der Waals surface area contributed by atoms with Crippen LogP contribution in [0, 0.1) is 5.92 Å². The molecular weight excluding hydrogens is 266 g/mol. The molecule has 0 radical (unpaired) electrons. The highest BCUT2D eigenvalue weighted by Crippen LogP contribution is 2.29. The van der Waals surface area contributed by atoms with Crippen LogP contribution in [0.3, 0.4) is 0 Å². The molecule has 0 aliphatic heterocycles. The van der Waals surface area contributed by atoms with Crippen molar-refractivity contribution in [3.05, 3.63) is 0 Å². The molecule has 1 fully saturated rings. The van der Waals surface area contributed by atoms with Crippen molar-refractivity contribution < 1.29 is 14.3 Å². The maximum atomic E-state index is 12.2. The van der Waals surface area contributed by atoms with E-state index in [0.717, 1.165) is 18.9 Å². The summed E-state index contributed by atoms with van der Waals surface area (Å²) >= 11 is 0. The quantitative estimate of drug-likeness (QED) is 0.629. The summed E-state index contributed by atoms with van der Waals surface area (Å²) in [6, 6.07) is 0.224. The molecule has 21 heavy (non-hydrogen) atoms. The predicted octanol–water partition coefficient (Wildman–Crippen LogP) is 3.29. The van der Waals surface area contributed by atoms with Gasteiger partial charge in [-0.3, -0.25) is 10.1 Å². The van der Waals surface area contributed by atoms with Crippen LogP contribution in [-0.2, 0) is 14.3 Å². The Kier molecular flexibility index (Phi) is 7.67. The molecule has 2 atom stereocenters. The average molecular weight is 299 g/mol. The van der Waals surface area contributed by atoms with Crippen molar-refractivity contribution in [3.63, 3.8) is 0 Å². The van der Waals surface area contributed by atoms with E-state index in [2.05, 4.69) is 5.32 Å². The maximum Gasteiger partial charge on any atom is 0.326 e. The van der Waals surface area contributed by atoms with E-state index < -0.39 is 5.54 Å². The zero-order chi connectivity index (χ0) is 15.9. The van der Waals surface area contributed by atoms with Crippen molar-refractivity contribution in [1.29, 1.82) is 0 Å². The largest absolute Gasteiger partial charge is 0.465 e. The minimum atomic E-state index is -0.680. The molecule has 0 spiro atoms. The highest BCUT2D eigenvalue weighted by Gasteiger charge is 2.36. The van der Waals surface area contributed by atoms with Gasteiger partial charge in [-0.25, -0.2) is 0 Å². The van der Waals surface area contributed by atoms with E-state index in [1.807, 2.05) is 34.6 Å². The minimum absolute atomic E-state index is 0.0470. The molecule has 1 aliphatic carbocycles. The van der Waals surface area contributed by atoms with Crippen molar-refractivity contribution in [2.24, 2.45) is 5.92 Å². The molecule has 1 aliphatic rings. The molecule has 1 rings (SSSR count). The number of carbonyl (C=O) groups is 1. The summed E-state index contributed by atoms with van der Waals surface area (Å²) in [6.45, 7) is 11.1. The van der Waals surface area contributed by atoms with Crippen molar-refractivity contribution in [2.75, 3.05) is 13.2 Å². The predicted molar refractivity (Wildman–Crippen MR) is 85.3 cm³/mol. The lowest BCUT2D eigenvalue weighted by Crippen LogP contribution is -2.54. The lowest BCUT2D eigenvalue weighted by atomic mass is 9.83. The molecule has 2 unspecified atom stereocenters. The number of nitrogens with one attached hydrogen (secondary N) is 1. The van der Waals surface area contributed by atoms with Gasteiger partial charge in [-0.2, -0.15) is 0 Å². The van der Waals surface area contributed by atoms with E-state index in [9.17, 15) is 4.79 Å². The van der Waals surface area contributed by atoms with Crippen LogP contribution in [0.4, 0.5) is 0 Å². The summed E-state index contributed by atoms with van der Waals surface area (Å²) in [7, 11) is 0. The second-order valence-corrected chi connectivity index (χ2v) is 6.82. The fraction of sp³-hybridized carbons (Fsp3) is 0.941. The van der Waals surface area contributed by atoms with Gasteiger partial charge in [0.05, 0.1) is 12.7 Å². The second-order valence-electron chi connectivity index (χ2n) is 6.82. The first-order valence-electron chi connectivity index (χ1n) is 8.44. The van der Waals surface area contributed by atoms with E-state index in [1.165, 1.54) is 19.3 Å². The zero-order valence-electron chi connectivity index (χ0n) is 14.4. The lowest BCUT2D eigenvalue weighted by molar-refractivity contribution is -0.152. The Morgan fingerprint density at radius 2 is 2.00 bits per heavy atom. The van der Waals surface area contributed by atoms with Gasteiger partial charge in [0, 0.05) is 19.1 Å². The van der Waals surface area contributed by atoms with Crippen molar-refractivity contribution in [2.45, 2.75) is 84.4 Å². The van der Waals surface area contributed by atoms with Crippen molar-refractivity contribution in [1.82, 2.24) is 5.32 Å². The Bertz CT molecular complexity index is 315. The molecule has 0 aromatic carbocycles. The van der Waals surface area contributed by atoms with Gasteiger partial charge in [0.2, 0.25) is 0 Å². The number of hydrogen-bond donors (Lipinski definition) is 1. The molecule has 0 saturated heterocycles. The van der Waals surface area contributed by atoms with Crippen LogP contribution in [-0.4, -0.2) is 36.9 Å². The molecule has 4 nitrogen and oxygen atoms in total. The van der Waals surface area contributed by atoms with E-state index in [4.69, 9.17) is 9.47 Å². The number of hydrogen-bond acceptors (Lipinski definition) is 4. The lowest BCUT2D eigenvalue weighted by Gasteiger charge is -2.33. The van der Waals surface area contributed by atoms with E-state index in [1.54, 1.807) is 0 Å². The molecule has 0 amide bonds. The van der Waals surface area contributed by atoms with Crippen LogP contribution < -0.4 is 5.32 Å². The van der Waals surface area contributed by atoms with Crippen LogP contribution in [0.1, 0.15) is 66.7 Å². The summed E-state index contributed by atoms with van der Waals surface area (Å²) < 4.78 is 11.1. The van der Waals surface area contributed by atoms with Gasteiger partial charge in [-0.15, -0.1) is 0 Å². The Morgan fingerprint density at radius 1 is 1.33 bits per heavy atom. The standard InChI is InChI=1S/C17H33NO3/c1-6-20-16(19)17(5,18-13(2)3)12-14(4)21-11-10-15-8-7-9-15/h13-15,18H,6-12H2,1-5H3. The fourth-order valence-electron chi connectivity index (χ4n) is 2.98. The normalized spacial score (nSPS) is 19.9. The van der Waals surface area contributed by atoms with Gasteiger partial charge >= 0.3 is 5.97 Å². The van der Waals surface area contributed by atoms with Gasteiger partial charge in [0.15, 0.2) is 0 Å². The third-order valence-electron chi connectivity index (χ3n) is 4.18. The first kappa shape index (κ1) is 18.4. The number of rotatable bonds is 10. The number of carbonyl (C=O) groups excluding carboxylic acids is 1. The van der Waals surface area contributed by atoms with Crippen molar-refractivity contribution in [3.8, 4) is 0 Å². The van der Waals surface area contributed by atoms with Crippen LogP contribution in [0.25, 0.3) is 0 Å². The van der Waals surface area contributed by atoms with E-state index in [0.29, 0.717) is 13.0 Å². The molecule has 124 valence electrons. The van der Waals surface area contributed by atoms with Gasteiger partial charge in [-0.05, 0) is 47.0 Å². The van der Waals surface area contributed by atoms with Crippen LogP contribution in [0.2, 0.25) is 0 Å². The van der Waals surface area contributed by atoms with E-state index >= 15 is 0 Å². The van der Waals surface area contributed by atoms with Gasteiger partial charge in [0.25, 0.3) is 0 Å². The minimum Gasteiger partial charge on any atom is -0.465 e. The summed E-state index contributed by atoms with van der Waals surface area (Å²) in [5, 5.41) is 3.34. The number of ether oxygens (including phenoxy) is 2. The molecule has 0 heterocycles. The molecule has 0 bridgehead atoms. The van der Waals surface area contributed by atoms with E-state index in [-0.39, 0.29) is 18.1 Å². The summed E-state index contributed by atoms with van der Waals surface area (Å²) in [5.41, 5.74) is -0.680. The first-order valence-corrected chi connectivity index (χ1v) is 8.44. The Hall–Kier alpha value is -0.610. The third-order valence-corrected chi connectivity index (χ3v) is 4.18. The molecule has 1 N–H and O–H groups in total. The van der Waals surface area contributed by atoms with Gasteiger partial charge in [0.1, 0.15) is 5.54 Å². The van der Waals surface area contributed by atoms with Crippen LogP contribution in [0.15, 0.2) is 0 Å². The number of esters is 1. The monoisotopic (exact) mass is 299 g/mol. The SMILES string of the molecule is CCOC(=O)C(C)(CC(C)OCCC1CCC1)NC(C)C. The Labute approximate surface area is 130 Å². The maximum absolute atomic E-state index is 12.2. The van der Waals surface area contributed by atoms with Crippen LogP contribution in [0.5, 0.6) is 0 Å². The van der Waals surface area contributed by atoms with Gasteiger partial charge in [-0.1, -0.05) is 19.3 Å². The highest BCUT2D eigenvalue weighted by molar-refractivity contribution is 5.80. The third kappa shape index (κ3) is 6.35. The summed E-state index contributed by atoms with van der Waals surface area (Å²) in [5.74, 6) is 0.676. The molecule has 4 heteroatoms. The first-order chi connectivity index (χ1) is 9.87. The fourth-order valence-corrected chi connectivity index (χ4v) is 2.98. The van der Waals surface area contributed by atoms with Gasteiger partial charge < -0.3 is 9.47 Å². The molecular formula is C17H33NO3. The second kappa shape index (κ2) is 8.74. The summed E-state index contributed by atoms with van der Waals surface area (Å²) in [6.07, 6.45) is 5.91. The van der Waals surface area contributed by atoms with Crippen LogP contribution >= 0.6 is 0 Å². The molecule has 0 aromatic rings. The highest BCUT2D eigenvalue weighted by atomic mass is 16.5. The summed E-state index contributed by atoms with van der Waals surface area (Å²) in [4.78, 5) is 12.2. The molecule has 0 aromatic heterocycles. The van der Waals surface area contributed by atoms with Crippen molar-refractivity contribution >= 4 is 5.97 Å².